The molecule has 0 aromatic rings. The molecule has 17 nitrogen and oxygen atoms in total. The number of hydrogen-bond acceptors (Lipinski definition) is 16. The maximum atomic E-state index is 11.7. The Kier molecular flexibility index (Phi) is 64.4. The first-order chi connectivity index (χ1) is 29.7. The van der Waals surface area contributed by atoms with Crippen LogP contribution in [-0.2, 0) is 66.7 Å². The molecule has 26 heteroatoms. The molecular formula is C40H57Br2F6NaO17. The quantitative estimate of drug-likeness (QED) is 0.0194. The van der Waals surface area contributed by atoms with Crippen LogP contribution in [0.15, 0.2) is 99.2 Å². The van der Waals surface area contributed by atoms with Crippen molar-refractivity contribution in [3.05, 3.63) is 99.2 Å². The Balaban J connectivity index is -0.000000106. The fraction of sp³-hybridized carbons (Fsp3) is 0.450. The van der Waals surface area contributed by atoms with E-state index < -0.39 is 62.0 Å². The number of ether oxygens (including phenoxy) is 8. The van der Waals surface area contributed by atoms with E-state index in [4.69, 9.17) is 29.2 Å². The van der Waals surface area contributed by atoms with Crippen LogP contribution in [0, 0.1) is 0 Å². The number of hydrogen-bond donors (Lipinski definition) is 2. The molecule has 0 spiro atoms. The Morgan fingerprint density at radius 3 is 1.12 bits per heavy atom. The van der Waals surface area contributed by atoms with Gasteiger partial charge in [0.25, 0.3) is 0 Å². The minimum atomic E-state index is -4.62. The third-order valence-electron chi connectivity index (χ3n) is 4.77. The van der Waals surface area contributed by atoms with Crippen molar-refractivity contribution in [2.45, 2.75) is 26.2 Å². The number of rotatable bonds is 25. The molecule has 0 saturated carbocycles. The Labute approximate surface area is 419 Å². The van der Waals surface area contributed by atoms with E-state index in [1.807, 2.05) is 0 Å². The van der Waals surface area contributed by atoms with Crippen LogP contribution in [0.25, 0.3) is 0 Å². The van der Waals surface area contributed by atoms with Crippen LogP contribution >= 0.6 is 31.9 Å². The third kappa shape index (κ3) is 69.1. The van der Waals surface area contributed by atoms with Gasteiger partial charge in [0.1, 0.15) is 5.33 Å². The number of carboxylic acid groups (broad SMARTS) is 1. The summed E-state index contributed by atoms with van der Waals surface area (Å²) in [5.74, 6) is -4.92. The van der Waals surface area contributed by atoms with Gasteiger partial charge >= 0.3 is 77.7 Å². The number of carboxylic acids is 1. The molecule has 0 saturated heterocycles. The van der Waals surface area contributed by atoms with Gasteiger partial charge in [0.05, 0.1) is 76.2 Å². The van der Waals surface area contributed by atoms with Gasteiger partial charge in [-0.1, -0.05) is 82.5 Å². The number of halogens is 8. The van der Waals surface area contributed by atoms with Gasteiger partial charge in [-0.15, -0.1) is 26.3 Å². The standard InChI is InChI=1S/C11H13F3O5.C9H14O3.C7H10O3.C6H9BrO2.C4H4BrF3O2.C3H6O.Na.H2O/c1-3-4-17-5-8(2)10(16)18-6-9(15)19-7-11(12,13)14;1-4-6-11-7-8(3)9(10)12-5-2;1-3-4-10-5-6(2)7(8)9;1-3-9-6(8)5(2)4-7;5-1-3(9)10-2-4(6,7)8;1-2-3-4;;/h3H,1-2,4-7H2;4H,1,3,5-7H2,2H3;3H,1-2,4-5H2,(H,8,9);2-4H2,1H3;1-2H2;2,4H,1,3H2;;1H2/q;;;;;;+1;/p-1. The van der Waals surface area contributed by atoms with Crippen LogP contribution < -0.4 is 29.6 Å². The molecule has 0 rings (SSSR count). The fourth-order valence-corrected chi connectivity index (χ4v) is 2.52. The normalized spacial score (nSPS) is 9.32. The van der Waals surface area contributed by atoms with Crippen molar-refractivity contribution in [3.8, 4) is 0 Å². The molecule has 0 amide bonds. The average Bonchev–Trinajstić information content (AvgIpc) is 3.24. The van der Waals surface area contributed by atoms with Crippen LogP contribution in [0.5, 0.6) is 0 Å². The van der Waals surface area contributed by atoms with E-state index >= 15 is 0 Å². The van der Waals surface area contributed by atoms with Gasteiger partial charge in [0, 0.05) is 10.9 Å². The summed E-state index contributed by atoms with van der Waals surface area (Å²) in [6.07, 6.45) is -3.01. The third-order valence-corrected chi connectivity index (χ3v) is 5.90. The SMILES string of the molecule is C=C(CBr)C(=O)OCC.C=CCO.C=CCOCC(=C)C(=O)O.C=CCOCC(=C)C(=O)OCC.C=CCOCC(=C)C(=O)OCC(=O)OCC(F)(F)F.O=C(CBr)OCC(F)(F)F.[Na+].[OH-]. The number of alkyl halides is 8. The molecule has 0 fully saturated rings. The molecule has 0 unspecified atom stereocenters. The number of aliphatic hydroxyl groups is 1. The average molecular weight is 1110 g/mol. The molecule has 3 N–H and O–H groups in total. The number of esters is 5. The van der Waals surface area contributed by atoms with Gasteiger partial charge in [-0.05, 0) is 13.8 Å². The maximum Gasteiger partial charge on any atom is 1.00 e. The summed E-state index contributed by atoms with van der Waals surface area (Å²) in [7, 11) is 0. The second-order valence-corrected chi connectivity index (χ2v) is 11.6. The molecule has 0 aromatic carbocycles. The topological polar surface area (TPSA) is 247 Å². The van der Waals surface area contributed by atoms with Crippen molar-refractivity contribution in [3.63, 3.8) is 0 Å². The summed E-state index contributed by atoms with van der Waals surface area (Å²) in [6, 6.07) is 0. The van der Waals surface area contributed by atoms with Crippen molar-refractivity contribution in [1.82, 2.24) is 0 Å². The molecule has 66 heavy (non-hydrogen) atoms. The zero-order chi connectivity index (χ0) is 51.2. The van der Waals surface area contributed by atoms with Gasteiger partial charge in [-0.25, -0.2) is 24.0 Å². The summed E-state index contributed by atoms with van der Waals surface area (Å²) in [5, 5.41) is 16.3. The monoisotopic (exact) mass is 1100 g/mol. The van der Waals surface area contributed by atoms with Crippen LogP contribution in [0.2, 0.25) is 0 Å². The maximum absolute atomic E-state index is 11.7. The van der Waals surface area contributed by atoms with Gasteiger partial charge < -0.3 is 53.6 Å². The minimum absolute atomic E-state index is 0. The predicted molar refractivity (Wildman–Crippen MR) is 232 cm³/mol. The molecule has 0 radical (unpaired) electrons. The minimum Gasteiger partial charge on any atom is -0.870 e. The van der Waals surface area contributed by atoms with Gasteiger partial charge in [0.15, 0.2) is 19.8 Å². The van der Waals surface area contributed by atoms with E-state index in [9.17, 15) is 55.1 Å². The summed E-state index contributed by atoms with van der Waals surface area (Å²) in [5.41, 5.74) is 0.767. The summed E-state index contributed by atoms with van der Waals surface area (Å²) >= 11 is 5.73. The Morgan fingerprint density at radius 2 is 0.848 bits per heavy atom. The second kappa shape index (κ2) is 53.7. The molecule has 376 valence electrons. The summed E-state index contributed by atoms with van der Waals surface area (Å²) in [4.78, 5) is 63.7. The Hall–Kier alpha value is -3.92. The van der Waals surface area contributed by atoms with E-state index in [1.54, 1.807) is 26.0 Å². The molecule has 0 aromatic heterocycles. The van der Waals surface area contributed by atoms with Crippen LogP contribution in [0.1, 0.15) is 13.8 Å². The van der Waals surface area contributed by atoms with Crippen LogP contribution in [0.4, 0.5) is 26.3 Å². The fourth-order valence-electron chi connectivity index (χ4n) is 2.13. The first-order valence-electron chi connectivity index (χ1n) is 17.6. The number of carbonyl (C=O) groups is 6. The van der Waals surface area contributed by atoms with Crippen molar-refractivity contribution >= 4 is 67.7 Å². The van der Waals surface area contributed by atoms with Crippen molar-refractivity contribution in [2.24, 2.45) is 0 Å². The first kappa shape index (κ1) is 79.2. The molecule has 0 heterocycles. The van der Waals surface area contributed by atoms with Crippen LogP contribution in [0.3, 0.4) is 0 Å². The largest absolute Gasteiger partial charge is 1.00 e. The predicted octanol–water partition coefficient (Wildman–Crippen LogP) is 3.51. The molecule has 0 aliphatic heterocycles. The smallest absolute Gasteiger partial charge is 0.870 e. The summed E-state index contributed by atoms with van der Waals surface area (Å²) < 4.78 is 105. The van der Waals surface area contributed by atoms with Crippen molar-refractivity contribution in [2.75, 3.05) is 89.9 Å². The van der Waals surface area contributed by atoms with Gasteiger partial charge in [-0.2, -0.15) is 26.3 Å². The van der Waals surface area contributed by atoms with Crippen molar-refractivity contribution in [1.29, 1.82) is 0 Å². The Morgan fingerprint density at radius 1 is 0.530 bits per heavy atom. The molecule has 0 aliphatic rings. The molecule has 0 aliphatic carbocycles. The van der Waals surface area contributed by atoms with E-state index in [-0.39, 0.29) is 90.5 Å². The second-order valence-electron chi connectivity index (χ2n) is 10.4. The van der Waals surface area contributed by atoms with Gasteiger partial charge in [-0.3, -0.25) is 4.79 Å². The van der Waals surface area contributed by atoms with E-state index in [2.05, 4.69) is 103 Å². The molecular weight excluding hydrogens is 1050 g/mol. The van der Waals surface area contributed by atoms with Gasteiger partial charge in [0.2, 0.25) is 0 Å². The van der Waals surface area contributed by atoms with Crippen LogP contribution in [-0.4, -0.2) is 154 Å². The number of aliphatic carboxylic acids is 1. The Bertz CT molecular complexity index is 1460. The molecule has 0 bridgehead atoms. The number of aliphatic hydroxyl groups excluding tert-OH is 1. The van der Waals surface area contributed by atoms with E-state index in [0.717, 1.165) is 0 Å². The van der Waals surface area contributed by atoms with E-state index in [0.29, 0.717) is 42.9 Å². The first-order valence-corrected chi connectivity index (χ1v) is 19.8. The zero-order valence-electron chi connectivity index (χ0n) is 36.9. The van der Waals surface area contributed by atoms with Crippen molar-refractivity contribution < 1.29 is 138 Å². The zero-order valence-corrected chi connectivity index (χ0v) is 42.1. The molecule has 0 atom stereocenters. The summed E-state index contributed by atoms with van der Waals surface area (Å²) in [6.45, 7) is 28.3. The van der Waals surface area contributed by atoms with E-state index in [1.165, 1.54) is 12.2 Å². The number of carbonyl (C=O) groups excluding carboxylic acids is 5.